The third-order valence-electron chi connectivity index (χ3n) is 1.59. The van der Waals surface area contributed by atoms with Crippen molar-refractivity contribution in [3.05, 3.63) is 0 Å². The van der Waals surface area contributed by atoms with Gasteiger partial charge in [-0.05, 0) is 0 Å². The smallest absolute Gasteiger partial charge is 0.390 e. The highest BCUT2D eigenvalue weighted by Crippen LogP contribution is 2.39. The van der Waals surface area contributed by atoms with Crippen LogP contribution in [0.15, 0.2) is 0 Å². The zero-order valence-electron chi connectivity index (χ0n) is 6.61. The Bertz CT molecular complexity index is 213. The summed E-state index contributed by atoms with van der Waals surface area (Å²) in [5.74, 6) is 0. The minimum absolute atomic E-state index is 0.160. The van der Waals surface area contributed by atoms with E-state index < -0.39 is 26.3 Å². The lowest BCUT2D eigenvalue weighted by Crippen LogP contribution is -2.41. The van der Waals surface area contributed by atoms with Crippen molar-refractivity contribution in [3.63, 3.8) is 0 Å². The summed E-state index contributed by atoms with van der Waals surface area (Å²) >= 11 is 0. The zero-order chi connectivity index (χ0) is 10.1. The molecule has 0 aromatic rings. The second-order valence-corrected chi connectivity index (χ2v) is 3.92. The number of hydrogen-bond donors (Lipinski definition) is 4. The predicted octanol–water partition coefficient (Wildman–Crippen LogP) is -1.44. The summed E-state index contributed by atoms with van der Waals surface area (Å²) in [6, 6.07) is 0. The SMILES string of the molecule is O=P(O)(O)O[C@@H]1C[C@H](O)[C@H](O)CO1. The molecule has 0 bridgehead atoms. The summed E-state index contributed by atoms with van der Waals surface area (Å²) in [6.45, 7) is -0.203. The van der Waals surface area contributed by atoms with Gasteiger partial charge < -0.3 is 24.7 Å². The van der Waals surface area contributed by atoms with Crippen LogP contribution in [0.4, 0.5) is 0 Å². The van der Waals surface area contributed by atoms with Crippen molar-refractivity contribution in [1.29, 1.82) is 0 Å². The molecule has 13 heavy (non-hydrogen) atoms. The van der Waals surface area contributed by atoms with Crippen LogP contribution in [0, 0.1) is 0 Å². The van der Waals surface area contributed by atoms with Crippen LogP contribution in [0.2, 0.25) is 0 Å². The molecule has 7 nitrogen and oxygen atoms in total. The molecule has 3 atom stereocenters. The van der Waals surface area contributed by atoms with Gasteiger partial charge in [-0.2, -0.15) is 0 Å². The molecule has 1 saturated heterocycles. The monoisotopic (exact) mass is 214 g/mol. The Balaban J connectivity index is 2.42. The third-order valence-corrected chi connectivity index (χ3v) is 2.10. The van der Waals surface area contributed by atoms with Crippen molar-refractivity contribution < 1.29 is 33.8 Å². The summed E-state index contributed by atoms with van der Waals surface area (Å²) in [4.78, 5) is 16.8. The Kier molecular flexibility index (Phi) is 3.42. The number of aliphatic hydroxyl groups excluding tert-OH is 2. The minimum Gasteiger partial charge on any atom is -0.390 e. The lowest BCUT2D eigenvalue weighted by molar-refractivity contribution is -0.187. The molecule has 8 heteroatoms. The summed E-state index contributed by atoms with van der Waals surface area (Å²) in [6.07, 6.45) is -3.44. The zero-order valence-corrected chi connectivity index (χ0v) is 7.50. The Labute approximate surface area is 74.1 Å². The van der Waals surface area contributed by atoms with E-state index in [1.54, 1.807) is 0 Å². The van der Waals surface area contributed by atoms with Gasteiger partial charge in [0.15, 0.2) is 6.29 Å². The van der Waals surface area contributed by atoms with Gasteiger partial charge in [0.05, 0.1) is 12.7 Å². The van der Waals surface area contributed by atoms with E-state index >= 15 is 0 Å². The molecule has 0 aromatic heterocycles. The van der Waals surface area contributed by atoms with Gasteiger partial charge in [-0.15, -0.1) is 0 Å². The maximum Gasteiger partial charge on any atom is 0.471 e. The number of rotatable bonds is 2. The van der Waals surface area contributed by atoms with Crippen LogP contribution in [0.3, 0.4) is 0 Å². The first kappa shape index (κ1) is 11.1. The van der Waals surface area contributed by atoms with Crippen molar-refractivity contribution in [1.82, 2.24) is 0 Å². The normalized spacial score (nSPS) is 36.2. The molecule has 0 radical (unpaired) electrons. The third kappa shape index (κ3) is 3.70. The summed E-state index contributed by atoms with van der Waals surface area (Å²) < 4.78 is 19.2. The van der Waals surface area contributed by atoms with Gasteiger partial charge in [0.25, 0.3) is 0 Å². The van der Waals surface area contributed by atoms with Crippen LogP contribution in [0.5, 0.6) is 0 Å². The van der Waals surface area contributed by atoms with Crippen LogP contribution in [0.25, 0.3) is 0 Å². The largest absolute Gasteiger partial charge is 0.471 e. The molecule has 1 aliphatic rings. The van der Waals surface area contributed by atoms with Gasteiger partial charge in [0.1, 0.15) is 6.10 Å². The number of ether oxygens (including phenoxy) is 1. The molecule has 1 fully saturated rings. The van der Waals surface area contributed by atoms with Gasteiger partial charge in [-0.3, -0.25) is 4.52 Å². The quantitative estimate of drug-likeness (QED) is 0.416. The van der Waals surface area contributed by atoms with Gasteiger partial charge in [-0.1, -0.05) is 0 Å². The van der Waals surface area contributed by atoms with Gasteiger partial charge >= 0.3 is 7.82 Å². The van der Waals surface area contributed by atoms with Crippen molar-refractivity contribution in [2.75, 3.05) is 6.61 Å². The fourth-order valence-corrected chi connectivity index (χ4v) is 1.42. The van der Waals surface area contributed by atoms with E-state index in [2.05, 4.69) is 4.52 Å². The molecule has 1 heterocycles. The molecule has 1 rings (SSSR count). The molecule has 4 N–H and O–H groups in total. The Morgan fingerprint density at radius 3 is 2.38 bits per heavy atom. The highest BCUT2D eigenvalue weighted by molar-refractivity contribution is 7.46. The average Bonchev–Trinajstić information content (AvgIpc) is 1.94. The fourth-order valence-electron chi connectivity index (χ4n) is 0.966. The molecule has 78 valence electrons. The predicted molar refractivity (Wildman–Crippen MR) is 39.5 cm³/mol. The molecule has 0 unspecified atom stereocenters. The van der Waals surface area contributed by atoms with Crippen LogP contribution in [0.1, 0.15) is 6.42 Å². The Morgan fingerprint density at radius 2 is 1.92 bits per heavy atom. The molecule has 0 aromatic carbocycles. The molecular weight excluding hydrogens is 203 g/mol. The van der Waals surface area contributed by atoms with Gasteiger partial charge in [0, 0.05) is 6.42 Å². The van der Waals surface area contributed by atoms with E-state index in [-0.39, 0.29) is 13.0 Å². The maximum absolute atomic E-state index is 10.3. The lowest BCUT2D eigenvalue weighted by Gasteiger charge is -2.29. The molecule has 0 aliphatic carbocycles. The highest BCUT2D eigenvalue weighted by atomic mass is 31.2. The molecule has 0 spiro atoms. The summed E-state index contributed by atoms with van der Waals surface area (Å²) in [5, 5.41) is 18.1. The number of hydrogen-bond acceptors (Lipinski definition) is 5. The standard InChI is InChI=1S/C5H11O7P/c6-3-1-5(11-2-4(3)7)12-13(8,9)10/h3-7H,1-2H2,(H2,8,9,10)/t3-,4+,5+/m0/s1. The summed E-state index contributed by atoms with van der Waals surface area (Å²) in [5.41, 5.74) is 0. The van der Waals surface area contributed by atoms with Crippen LogP contribution < -0.4 is 0 Å². The minimum atomic E-state index is -4.60. The molecule has 1 aliphatic heterocycles. The van der Waals surface area contributed by atoms with E-state index in [1.807, 2.05) is 0 Å². The lowest BCUT2D eigenvalue weighted by atomic mass is 10.1. The van der Waals surface area contributed by atoms with Crippen LogP contribution in [-0.2, 0) is 13.8 Å². The fraction of sp³-hybridized carbons (Fsp3) is 1.00. The van der Waals surface area contributed by atoms with Gasteiger partial charge in [-0.25, -0.2) is 4.57 Å². The van der Waals surface area contributed by atoms with Gasteiger partial charge in [0.2, 0.25) is 0 Å². The number of phosphoric ester groups is 1. The van der Waals surface area contributed by atoms with Crippen molar-refractivity contribution in [3.8, 4) is 0 Å². The Morgan fingerprint density at radius 1 is 1.31 bits per heavy atom. The van der Waals surface area contributed by atoms with Crippen LogP contribution >= 0.6 is 7.82 Å². The molecular formula is C5H11O7P. The first-order valence-corrected chi connectivity index (χ1v) is 5.13. The van der Waals surface area contributed by atoms with E-state index in [0.29, 0.717) is 0 Å². The number of phosphoric acid groups is 1. The second kappa shape index (κ2) is 4.02. The van der Waals surface area contributed by atoms with Crippen molar-refractivity contribution in [2.45, 2.75) is 24.9 Å². The maximum atomic E-state index is 10.3. The van der Waals surface area contributed by atoms with E-state index in [4.69, 9.17) is 24.7 Å². The Hall–Kier alpha value is -0.0100. The topological polar surface area (TPSA) is 116 Å². The van der Waals surface area contributed by atoms with Crippen molar-refractivity contribution in [2.24, 2.45) is 0 Å². The van der Waals surface area contributed by atoms with E-state index in [0.717, 1.165) is 0 Å². The highest BCUT2D eigenvalue weighted by Gasteiger charge is 2.32. The van der Waals surface area contributed by atoms with Crippen LogP contribution in [-0.4, -0.2) is 45.1 Å². The molecule has 0 amide bonds. The molecule has 0 saturated carbocycles. The number of aliphatic hydroxyl groups is 2. The second-order valence-electron chi connectivity index (χ2n) is 2.73. The first-order valence-electron chi connectivity index (χ1n) is 3.60. The first-order chi connectivity index (χ1) is 5.88. The van der Waals surface area contributed by atoms with Crippen molar-refractivity contribution >= 4 is 7.82 Å². The van der Waals surface area contributed by atoms with E-state index in [9.17, 15) is 4.57 Å². The summed E-state index contributed by atoms with van der Waals surface area (Å²) in [7, 11) is -4.60. The average molecular weight is 214 g/mol. The van der Waals surface area contributed by atoms with E-state index in [1.165, 1.54) is 0 Å².